The lowest BCUT2D eigenvalue weighted by Crippen LogP contribution is -2.25. The molecule has 0 atom stereocenters. The summed E-state index contributed by atoms with van der Waals surface area (Å²) < 4.78 is 2.07. The van der Waals surface area contributed by atoms with Crippen LogP contribution < -0.4 is 5.32 Å². The second-order valence-electron chi connectivity index (χ2n) is 7.21. The maximum absolute atomic E-state index is 13.1. The minimum atomic E-state index is -0.104. The van der Waals surface area contributed by atoms with E-state index < -0.39 is 0 Å². The van der Waals surface area contributed by atoms with Crippen LogP contribution in [0.15, 0.2) is 90.6 Å². The number of hydrogen-bond donors (Lipinski definition) is 1. The van der Waals surface area contributed by atoms with Crippen LogP contribution in [0, 0.1) is 0 Å². The number of benzene rings is 2. The Kier molecular flexibility index (Phi) is 5.29. The molecule has 5 rings (SSSR count). The molecule has 3 aromatic heterocycles. The van der Waals surface area contributed by atoms with Gasteiger partial charge in [-0.05, 0) is 29.8 Å². The van der Waals surface area contributed by atoms with Crippen LogP contribution in [0.4, 0.5) is 0 Å². The van der Waals surface area contributed by atoms with Crippen molar-refractivity contribution in [3.8, 4) is 11.3 Å². The van der Waals surface area contributed by atoms with Gasteiger partial charge in [-0.15, -0.1) is 11.3 Å². The Bertz CT molecular complexity index is 1330. The molecule has 31 heavy (non-hydrogen) atoms. The van der Waals surface area contributed by atoms with E-state index in [0.29, 0.717) is 18.8 Å². The average molecular weight is 425 g/mol. The lowest BCUT2D eigenvalue weighted by Gasteiger charge is -2.11. The number of rotatable bonds is 6. The third kappa shape index (κ3) is 4.11. The van der Waals surface area contributed by atoms with Crippen molar-refractivity contribution >= 4 is 28.1 Å². The molecular weight excluding hydrogens is 404 g/mol. The van der Waals surface area contributed by atoms with Gasteiger partial charge in [-0.3, -0.25) is 9.78 Å². The van der Waals surface area contributed by atoms with Crippen molar-refractivity contribution < 1.29 is 4.79 Å². The van der Waals surface area contributed by atoms with Gasteiger partial charge in [-0.2, -0.15) is 0 Å². The molecule has 0 saturated heterocycles. The molecule has 0 unspecified atom stereocenters. The van der Waals surface area contributed by atoms with Crippen LogP contribution in [-0.4, -0.2) is 20.4 Å². The fourth-order valence-corrected chi connectivity index (χ4v) is 4.37. The molecule has 6 heteroatoms. The second-order valence-corrected chi connectivity index (χ2v) is 8.15. The lowest BCUT2D eigenvalue weighted by atomic mass is 10.2. The molecule has 0 aliphatic rings. The molecule has 0 spiro atoms. The van der Waals surface area contributed by atoms with E-state index in [0.717, 1.165) is 32.7 Å². The Hall–Kier alpha value is -3.77. The fourth-order valence-electron chi connectivity index (χ4n) is 3.63. The molecule has 0 aliphatic carbocycles. The van der Waals surface area contributed by atoms with E-state index >= 15 is 0 Å². The highest BCUT2D eigenvalue weighted by Gasteiger charge is 2.16. The first-order valence-corrected chi connectivity index (χ1v) is 10.9. The van der Waals surface area contributed by atoms with Crippen LogP contribution in [-0.2, 0) is 13.1 Å². The maximum atomic E-state index is 13.1. The summed E-state index contributed by atoms with van der Waals surface area (Å²) in [6, 6.07) is 24.1. The molecule has 0 bridgehead atoms. The lowest BCUT2D eigenvalue weighted by molar-refractivity contribution is 0.0942. The van der Waals surface area contributed by atoms with Crippen molar-refractivity contribution in [3.05, 3.63) is 107 Å². The van der Waals surface area contributed by atoms with Crippen molar-refractivity contribution in [2.75, 3.05) is 0 Å². The highest BCUT2D eigenvalue weighted by molar-refractivity contribution is 7.09. The molecule has 2 aromatic carbocycles. The number of nitrogens with zero attached hydrogens (tertiary/aromatic N) is 3. The number of aromatic nitrogens is 3. The SMILES string of the molecule is O=C(NCc1nc(-c2ccncc2)cs1)c1cc2ccccc2n1Cc1ccccc1. The first-order valence-electron chi connectivity index (χ1n) is 10.0. The first kappa shape index (κ1) is 19.2. The Labute approximate surface area is 184 Å². The van der Waals surface area contributed by atoms with Gasteiger partial charge in [0.15, 0.2) is 0 Å². The molecule has 0 radical (unpaired) electrons. The number of hydrogen-bond acceptors (Lipinski definition) is 4. The molecule has 5 nitrogen and oxygen atoms in total. The van der Waals surface area contributed by atoms with Crippen molar-refractivity contribution in [3.63, 3.8) is 0 Å². The predicted octanol–water partition coefficient (Wildman–Crippen LogP) is 5.14. The van der Waals surface area contributed by atoms with E-state index in [1.807, 2.05) is 60.0 Å². The molecule has 0 fully saturated rings. The summed E-state index contributed by atoms with van der Waals surface area (Å²) >= 11 is 1.54. The standard InChI is InChI=1S/C25H20N4OS/c30-25(27-15-24-28-21(17-31-24)19-10-12-26-13-11-19)23-14-20-8-4-5-9-22(20)29(23)16-18-6-2-1-3-7-18/h1-14,17H,15-16H2,(H,27,30). The van der Waals surface area contributed by atoms with Crippen molar-refractivity contribution in [2.45, 2.75) is 13.1 Å². The van der Waals surface area contributed by atoms with Gasteiger partial charge in [0.05, 0.1) is 12.2 Å². The van der Waals surface area contributed by atoms with Gasteiger partial charge in [0.2, 0.25) is 0 Å². The monoisotopic (exact) mass is 424 g/mol. The molecular formula is C25H20N4OS. The Morgan fingerprint density at radius 2 is 1.74 bits per heavy atom. The second kappa shape index (κ2) is 8.53. The summed E-state index contributed by atoms with van der Waals surface area (Å²) in [5, 5.41) is 6.97. The van der Waals surface area contributed by atoms with Crippen molar-refractivity contribution in [2.24, 2.45) is 0 Å². The van der Waals surface area contributed by atoms with E-state index in [1.165, 1.54) is 0 Å². The topological polar surface area (TPSA) is 59.8 Å². The number of fused-ring (bicyclic) bond motifs is 1. The minimum absolute atomic E-state index is 0.104. The predicted molar refractivity (Wildman–Crippen MR) is 124 cm³/mol. The van der Waals surface area contributed by atoms with Crippen LogP contribution in [0.25, 0.3) is 22.2 Å². The van der Waals surface area contributed by atoms with E-state index in [4.69, 9.17) is 0 Å². The average Bonchev–Trinajstić information content (AvgIpc) is 3.44. The Morgan fingerprint density at radius 3 is 2.58 bits per heavy atom. The van der Waals surface area contributed by atoms with E-state index in [9.17, 15) is 4.79 Å². The molecule has 5 aromatic rings. The fraction of sp³-hybridized carbons (Fsp3) is 0.0800. The third-order valence-electron chi connectivity index (χ3n) is 5.15. The van der Waals surface area contributed by atoms with Gasteiger partial charge in [0, 0.05) is 40.8 Å². The van der Waals surface area contributed by atoms with Gasteiger partial charge < -0.3 is 9.88 Å². The molecule has 1 amide bonds. The Balaban J connectivity index is 1.37. The highest BCUT2D eigenvalue weighted by Crippen LogP contribution is 2.23. The molecule has 152 valence electrons. The van der Waals surface area contributed by atoms with Gasteiger partial charge in [0.1, 0.15) is 10.7 Å². The summed E-state index contributed by atoms with van der Waals surface area (Å²) in [4.78, 5) is 21.8. The van der Waals surface area contributed by atoms with Crippen molar-refractivity contribution in [1.29, 1.82) is 0 Å². The van der Waals surface area contributed by atoms with Crippen LogP contribution in [0.2, 0.25) is 0 Å². The van der Waals surface area contributed by atoms with Gasteiger partial charge in [-0.25, -0.2) is 4.98 Å². The quantitative estimate of drug-likeness (QED) is 0.411. The highest BCUT2D eigenvalue weighted by atomic mass is 32.1. The Morgan fingerprint density at radius 1 is 0.968 bits per heavy atom. The van der Waals surface area contributed by atoms with Crippen LogP contribution >= 0.6 is 11.3 Å². The maximum Gasteiger partial charge on any atom is 0.268 e. The molecule has 3 heterocycles. The number of para-hydroxylation sites is 1. The number of pyridine rings is 1. The van der Waals surface area contributed by atoms with Crippen molar-refractivity contribution in [1.82, 2.24) is 19.9 Å². The summed E-state index contributed by atoms with van der Waals surface area (Å²) in [5.41, 5.74) is 4.77. The summed E-state index contributed by atoms with van der Waals surface area (Å²) in [6.45, 7) is 1.03. The zero-order valence-corrected chi connectivity index (χ0v) is 17.5. The smallest absolute Gasteiger partial charge is 0.268 e. The molecule has 0 aliphatic heterocycles. The molecule has 0 saturated carbocycles. The number of amides is 1. The van der Waals surface area contributed by atoms with Gasteiger partial charge >= 0.3 is 0 Å². The van der Waals surface area contributed by atoms with Crippen LogP contribution in [0.1, 0.15) is 21.1 Å². The van der Waals surface area contributed by atoms with E-state index in [-0.39, 0.29) is 5.91 Å². The minimum Gasteiger partial charge on any atom is -0.344 e. The van der Waals surface area contributed by atoms with E-state index in [1.54, 1.807) is 23.7 Å². The summed E-state index contributed by atoms with van der Waals surface area (Å²) in [6.07, 6.45) is 3.50. The third-order valence-corrected chi connectivity index (χ3v) is 6.00. The summed E-state index contributed by atoms with van der Waals surface area (Å²) in [7, 11) is 0. The van der Waals surface area contributed by atoms with Crippen LogP contribution in [0.3, 0.4) is 0 Å². The number of nitrogens with one attached hydrogen (secondary N) is 1. The first-order chi connectivity index (χ1) is 15.3. The summed E-state index contributed by atoms with van der Waals surface area (Å²) in [5.74, 6) is -0.104. The van der Waals surface area contributed by atoms with E-state index in [2.05, 4.69) is 38.1 Å². The van der Waals surface area contributed by atoms with Gasteiger partial charge in [0.25, 0.3) is 5.91 Å². The molecule has 1 N–H and O–H groups in total. The number of thiazole rings is 1. The number of carbonyl (C=O) groups is 1. The number of carbonyl (C=O) groups excluding carboxylic acids is 1. The normalized spacial score (nSPS) is 11.0. The van der Waals surface area contributed by atoms with Gasteiger partial charge in [-0.1, -0.05) is 48.5 Å². The largest absolute Gasteiger partial charge is 0.344 e. The zero-order chi connectivity index (χ0) is 21.0. The zero-order valence-electron chi connectivity index (χ0n) is 16.7. The van der Waals surface area contributed by atoms with Crippen LogP contribution in [0.5, 0.6) is 0 Å².